The zero-order valence-electron chi connectivity index (χ0n) is 17.6. The van der Waals surface area contributed by atoms with E-state index in [1.807, 2.05) is 30.3 Å². The van der Waals surface area contributed by atoms with E-state index in [1.165, 1.54) is 6.07 Å². The highest BCUT2D eigenvalue weighted by molar-refractivity contribution is 6.54. The zero-order chi connectivity index (χ0) is 24.2. The highest BCUT2D eigenvalue weighted by Gasteiger charge is 2.40. The van der Waals surface area contributed by atoms with Crippen molar-refractivity contribution in [2.75, 3.05) is 16.8 Å². The van der Waals surface area contributed by atoms with Crippen LogP contribution in [0.5, 0.6) is 0 Å². The predicted molar refractivity (Wildman–Crippen MR) is 134 cm³/mol. The first-order valence-electron chi connectivity index (χ1n) is 10.3. The molecule has 0 saturated heterocycles. The summed E-state index contributed by atoms with van der Waals surface area (Å²) in [4.78, 5) is 39.1. The molecule has 0 bridgehead atoms. The second-order valence-corrected chi connectivity index (χ2v) is 8.57. The van der Waals surface area contributed by atoms with Crippen LogP contribution in [0.4, 0.5) is 11.4 Å². The van der Waals surface area contributed by atoms with Crippen molar-refractivity contribution < 1.29 is 14.4 Å². The van der Waals surface area contributed by atoms with Crippen LogP contribution in [0.1, 0.15) is 15.9 Å². The lowest BCUT2D eigenvalue weighted by atomic mass is 10.1. The first-order chi connectivity index (χ1) is 16.4. The summed E-state index contributed by atoms with van der Waals surface area (Å²) in [6, 6.07) is 21.0. The Balaban J connectivity index is 1.47. The van der Waals surface area contributed by atoms with E-state index >= 15 is 0 Å². The second-order valence-electron chi connectivity index (χ2n) is 7.40. The first-order valence-corrected chi connectivity index (χ1v) is 11.4. The predicted octanol–water partition coefficient (Wildman–Crippen LogP) is 5.40. The van der Waals surface area contributed by atoms with Gasteiger partial charge in [0, 0.05) is 17.8 Å². The number of carbonyl (C=O) groups is 3. The van der Waals surface area contributed by atoms with Crippen molar-refractivity contribution in [1.29, 1.82) is 0 Å². The number of benzene rings is 3. The van der Waals surface area contributed by atoms with Crippen LogP contribution in [-0.4, -0.2) is 24.3 Å². The minimum atomic E-state index is -0.729. The minimum Gasteiger partial charge on any atom is -0.352 e. The molecular formula is C25H18Cl3N3O3. The topological polar surface area (TPSA) is 78.5 Å². The monoisotopic (exact) mass is 513 g/mol. The van der Waals surface area contributed by atoms with Gasteiger partial charge in [0.05, 0.1) is 15.7 Å². The molecule has 0 saturated carbocycles. The van der Waals surface area contributed by atoms with E-state index in [-0.39, 0.29) is 32.4 Å². The van der Waals surface area contributed by atoms with Gasteiger partial charge in [-0.3, -0.25) is 14.4 Å². The third-order valence-corrected chi connectivity index (χ3v) is 6.30. The normalized spacial score (nSPS) is 13.4. The number of hydrogen-bond donors (Lipinski definition) is 2. The van der Waals surface area contributed by atoms with E-state index < -0.39 is 11.8 Å². The van der Waals surface area contributed by atoms with E-state index in [2.05, 4.69) is 10.6 Å². The van der Waals surface area contributed by atoms with Crippen LogP contribution < -0.4 is 15.5 Å². The summed E-state index contributed by atoms with van der Waals surface area (Å²) in [7, 11) is 0. The molecule has 34 heavy (non-hydrogen) atoms. The van der Waals surface area contributed by atoms with Gasteiger partial charge in [-0.15, -0.1) is 0 Å². The summed E-state index contributed by atoms with van der Waals surface area (Å²) in [5, 5.41) is 5.70. The standard InChI is InChI=1S/C25H18Cl3N3O3/c26-18-10-5-11-19(20(18)27)31-24(33)21(28)22(25(31)34)30-17-9-4-8-16(14-17)23(32)29-13-12-15-6-2-1-3-7-15/h1-11,14,30H,12-13H2,(H,29,32). The lowest BCUT2D eigenvalue weighted by Gasteiger charge is -2.17. The molecule has 1 aliphatic rings. The number of rotatable bonds is 7. The number of hydrogen-bond acceptors (Lipinski definition) is 4. The Morgan fingerprint density at radius 3 is 2.35 bits per heavy atom. The Hall–Kier alpha value is -3.32. The third-order valence-electron chi connectivity index (χ3n) is 5.14. The number of imide groups is 1. The van der Waals surface area contributed by atoms with Crippen molar-refractivity contribution in [2.45, 2.75) is 6.42 Å². The Kier molecular flexibility index (Phi) is 7.22. The van der Waals surface area contributed by atoms with Crippen LogP contribution in [0.2, 0.25) is 10.0 Å². The molecular weight excluding hydrogens is 497 g/mol. The van der Waals surface area contributed by atoms with Gasteiger partial charge in [-0.1, -0.05) is 77.3 Å². The summed E-state index contributed by atoms with van der Waals surface area (Å²) >= 11 is 18.4. The van der Waals surface area contributed by atoms with Gasteiger partial charge in [0.15, 0.2) is 0 Å². The molecule has 0 unspecified atom stereocenters. The summed E-state index contributed by atoms with van der Waals surface area (Å²) < 4.78 is 0. The fourth-order valence-electron chi connectivity index (χ4n) is 3.44. The number of nitrogens with one attached hydrogen (secondary N) is 2. The molecule has 0 atom stereocenters. The highest BCUT2D eigenvalue weighted by atomic mass is 35.5. The van der Waals surface area contributed by atoms with Crippen molar-refractivity contribution in [3.05, 3.63) is 105 Å². The van der Waals surface area contributed by atoms with Crippen LogP contribution in [0.25, 0.3) is 0 Å². The van der Waals surface area contributed by atoms with Crippen molar-refractivity contribution in [3.8, 4) is 0 Å². The van der Waals surface area contributed by atoms with Crippen LogP contribution in [-0.2, 0) is 16.0 Å². The minimum absolute atomic E-state index is 0.0609. The quantitative estimate of drug-likeness (QED) is 0.414. The Morgan fingerprint density at radius 2 is 1.59 bits per heavy atom. The van der Waals surface area contributed by atoms with E-state index in [1.54, 1.807) is 36.4 Å². The average molecular weight is 515 g/mol. The highest BCUT2D eigenvalue weighted by Crippen LogP contribution is 2.37. The van der Waals surface area contributed by atoms with Gasteiger partial charge in [-0.05, 0) is 42.3 Å². The van der Waals surface area contributed by atoms with E-state index in [9.17, 15) is 14.4 Å². The van der Waals surface area contributed by atoms with Crippen LogP contribution in [0.3, 0.4) is 0 Å². The van der Waals surface area contributed by atoms with Crippen molar-refractivity contribution in [1.82, 2.24) is 5.32 Å². The largest absolute Gasteiger partial charge is 0.352 e. The molecule has 3 aromatic carbocycles. The van der Waals surface area contributed by atoms with Crippen LogP contribution in [0.15, 0.2) is 83.5 Å². The third kappa shape index (κ3) is 4.94. The number of carbonyl (C=O) groups excluding carboxylic acids is 3. The number of anilines is 2. The van der Waals surface area contributed by atoms with Gasteiger partial charge in [0.1, 0.15) is 10.7 Å². The molecule has 3 amide bonds. The van der Waals surface area contributed by atoms with Gasteiger partial charge < -0.3 is 10.6 Å². The molecule has 3 aromatic rings. The van der Waals surface area contributed by atoms with E-state index in [4.69, 9.17) is 34.8 Å². The van der Waals surface area contributed by atoms with E-state index in [0.717, 1.165) is 10.5 Å². The molecule has 0 fully saturated rings. The molecule has 1 heterocycles. The molecule has 1 aliphatic heterocycles. The maximum absolute atomic E-state index is 13.0. The summed E-state index contributed by atoms with van der Waals surface area (Å²) in [5.74, 6) is -1.68. The summed E-state index contributed by atoms with van der Waals surface area (Å²) in [6.07, 6.45) is 0.700. The number of nitrogens with zero attached hydrogens (tertiary/aromatic N) is 1. The van der Waals surface area contributed by atoms with Crippen LogP contribution >= 0.6 is 34.8 Å². The fourth-order valence-corrected chi connectivity index (χ4v) is 4.04. The SMILES string of the molecule is O=C(NCCc1ccccc1)c1cccc(NC2=C(Cl)C(=O)N(c3cccc(Cl)c3Cl)C2=O)c1. The smallest absolute Gasteiger partial charge is 0.283 e. The van der Waals surface area contributed by atoms with Gasteiger partial charge >= 0.3 is 0 Å². The zero-order valence-corrected chi connectivity index (χ0v) is 19.9. The number of amides is 3. The second kappa shape index (κ2) is 10.3. The molecule has 4 rings (SSSR count). The molecule has 9 heteroatoms. The molecule has 0 aliphatic carbocycles. The molecule has 2 N–H and O–H groups in total. The van der Waals surface area contributed by atoms with Gasteiger partial charge in [-0.25, -0.2) is 4.90 Å². The van der Waals surface area contributed by atoms with Gasteiger partial charge in [0.2, 0.25) is 0 Å². The Labute approximate surface area is 211 Å². The first kappa shape index (κ1) is 23.8. The molecule has 0 radical (unpaired) electrons. The Bertz CT molecular complexity index is 1310. The number of halogens is 3. The molecule has 0 aromatic heterocycles. The van der Waals surface area contributed by atoms with Crippen LogP contribution in [0, 0.1) is 0 Å². The van der Waals surface area contributed by atoms with Crippen molar-refractivity contribution in [3.63, 3.8) is 0 Å². The summed E-state index contributed by atoms with van der Waals surface area (Å²) in [5.41, 5.74) is 1.94. The lowest BCUT2D eigenvalue weighted by molar-refractivity contribution is -0.120. The van der Waals surface area contributed by atoms with Crippen molar-refractivity contribution in [2.24, 2.45) is 0 Å². The Morgan fingerprint density at radius 1 is 0.853 bits per heavy atom. The maximum atomic E-state index is 13.0. The summed E-state index contributed by atoms with van der Waals surface area (Å²) in [6.45, 7) is 0.472. The van der Waals surface area contributed by atoms with Crippen molar-refractivity contribution >= 4 is 63.9 Å². The average Bonchev–Trinajstić information content (AvgIpc) is 3.05. The van der Waals surface area contributed by atoms with Gasteiger partial charge in [0.25, 0.3) is 17.7 Å². The van der Waals surface area contributed by atoms with E-state index in [0.29, 0.717) is 24.2 Å². The molecule has 6 nitrogen and oxygen atoms in total. The molecule has 172 valence electrons. The molecule has 0 spiro atoms. The maximum Gasteiger partial charge on any atom is 0.283 e. The lowest BCUT2D eigenvalue weighted by Crippen LogP contribution is -2.32. The fraction of sp³-hybridized carbons (Fsp3) is 0.0800. The van der Waals surface area contributed by atoms with Gasteiger partial charge in [-0.2, -0.15) is 0 Å².